The fraction of sp³-hybridized carbons (Fsp3) is 0.400. The van der Waals surface area contributed by atoms with Gasteiger partial charge in [-0.25, -0.2) is 0 Å². The van der Waals surface area contributed by atoms with Gasteiger partial charge in [0.05, 0.1) is 6.61 Å². The number of rotatable bonds is 3. The summed E-state index contributed by atoms with van der Waals surface area (Å²) in [5, 5.41) is 0.908. The molecule has 3 heteroatoms. The van der Waals surface area contributed by atoms with Crippen LogP contribution in [-0.4, -0.2) is 7.11 Å². The van der Waals surface area contributed by atoms with Crippen LogP contribution in [0.2, 0.25) is 0 Å². The molecule has 13 heavy (non-hydrogen) atoms. The molecule has 0 saturated carbocycles. The molecule has 0 N–H and O–H groups in total. The molecule has 0 bridgehead atoms. The van der Waals surface area contributed by atoms with Gasteiger partial charge in [-0.3, -0.25) is 0 Å². The Morgan fingerprint density at radius 2 is 1.85 bits per heavy atom. The van der Waals surface area contributed by atoms with Crippen LogP contribution in [-0.2, 0) is 16.7 Å². The van der Waals surface area contributed by atoms with Crippen molar-refractivity contribution in [1.29, 1.82) is 0 Å². The summed E-state index contributed by atoms with van der Waals surface area (Å²) in [5.41, 5.74) is 3.84. The number of hydrogen-bond donors (Lipinski definition) is 0. The van der Waals surface area contributed by atoms with Crippen LogP contribution in [0.25, 0.3) is 0 Å². The third kappa shape index (κ3) is 4.80. The Bertz CT molecular complexity index is 263. The van der Waals surface area contributed by atoms with E-state index in [1.807, 2.05) is 0 Å². The standard InChI is InChI=1S/C10H13BrO.Ar/c1-8-3-9(6-11)5-10(4-8)7-12-2;/h3-5H,6-7H2,1-2H3;. The van der Waals surface area contributed by atoms with Crippen molar-refractivity contribution in [2.24, 2.45) is 0 Å². The largest absolute Gasteiger partial charge is 0.380 e. The number of benzene rings is 1. The van der Waals surface area contributed by atoms with Gasteiger partial charge in [-0.15, -0.1) is 0 Å². The molecule has 0 amide bonds. The third-order valence-corrected chi connectivity index (χ3v) is 2.31. The molecule has 0 aliphatic rings. The molecule has 0 aromatic heterocycles. The minimum atomic E-state index is 0. The van der Waals surface area contributed by atoms with E-state index in [1.165, 1.54) is 16.7 Å². The normalized spacial score (nSPS) is 9.46. The van der Waals surface area contributed by atoms with Gasteiger partial charge in [-0.05, 0) is 18.1 Å². The van der Waals surface area contributed by atoms with E-state index in [0.29, 0.717) is 6.61 Å². The van der Waals surface area contributed by atoms with Crippen LogP contribution < -0.4 is 0 Å². The van der Waals surface area contributed by atoms with Gasteiger partial charge in [-0.2, -0.15) is 0 Å². The Morgan fingerprint density at radius 3 is 2.38 bits per heavy atom. The molecule has 1 aromatic carbocycles. The minimum Gasteiger partial charge on any atom is -0.380 e. The zero-order valence-electron chi connectivity index (χ0n) is 7.79. The maximum absolute atomic E-state index is 5.07. The first-order valence-electron chi connectivity index (χ1n) is 3.90. The molecule has 74 valence electrons. The van der Waals surface area contributed by atoms with Gasteiger partial charge in [-0.1, -0.05) is 39.7 Å². The average molecular weight is 269 g/mol. The van der Waals surface area contributed by atoms with Crippen LogP contribution in [0.15, 0.2) is 18.2 Å². The summed E-state index contributed by atoms with van der Waals surface area (Å²) >= 11 is 3.44. The summed E-state index contributed by atoms with van der Waals surface area (Å²) in [6, 6.07) is 6.48. The van der Waals surface area contributed by atoms with Gasteiger partial charge in [0.25, 0.3) is 0 Å². The van der Waals surface area contributed by atoms with E-state index >= 15 is 0 Å². The molecule has 0 spiro atoms. The van der Waals surface area contributed by atoms with Gasteiger partial charge >= 0.3 is 0 Å². The molecule has 0 heterocycles. The van der Waals surface area contributed by atoms with Crippen molar-refractivity contribution >= 4 is 15.9 Å². The summed E-state index contributed by atoms with van der Waals surface area (Å²) in [5.74, 6) is 0. The number of hydrogen-bond acceptors (Lipinski definition) is 1. The van der Waals surface area contributed by atoms with Crippen LogP contribution >= 0.6 is 15.9 Å². The average Bonchev–Trinajstić information content (AvgIpc) is 2.04. The summed E-state index contributed by atoms with van der Waals surface area (Å²) in [7, 11) is 1.72. The summed E-state index contributed by atoms with van der Waals surface area (Å²) < 4.78 is 5.07. The van der Waals surface area contributed by atoms with Gasteiger partial charge in [0.1, 0.15) is 0 Å². The molecule has 1 rings (SSSR count). The Balaban J connectivity index is 0.00000144. The van der Waals surface area contributed by atoms with Crippen LogP contribution in [0, 0.1) is 44.7 Å². The number of methoxy groups -OCH3 is 1. The fourth-order valence-electron chi connectivity index (χ4n) is 1.28. The molecule has 1 aromatic rings. The molecule has 1 nitrogen and oxygen atoms in total. The first-order valence-corrected chi connectivity index (χ1v) is 5.02. The Morgan fingerprint density at radius 1 is 1.23 bits per heavy atom. The molecule has 0 unspecified atom stereocenters. The van der Waals surface area contributed by atoms with E-state index in [0.717, 1.165) is 5.33 Å². The van der Waals surface area contributed by atoms with Crippen molar-refractivity contribution in [1.82, 2.24) is 0 Å². The predicted octanol–water partition coefficient (Wildman–Crippen LogP) is 3.04. The van der Waals surface area contributed by atoms with E-state index < -0.39 is 0 Å². The summed E-state index contributed by atoms with van der Waals surface area (Å²) in [6.45, 7) is 2.80. The first-order chi connectivity index (χ1) is 5.76. The minimum absolute atomic E-state index is 0. The van der Waals surface area contributed by atoms with Crippen molar-refractivity contribution in [2.45, 2.75) is 18.9 Å². The maximum Gasteiger partial charge on any atom is 0.0713 e. The molecule has 0 atom stereocenters. The Hall–Kier alpha value is 0.920. The third-order valence-electron chi connectivity index (χ3n) is 1.66. The first kappa shape index (κ1) is 13.9. The van der Waals surface area contributed by atoms with Crippen molar-refractivity contribution in [2.75, 3.05) is 7.11 Å². The molecule has 0 aliphatic heterocycles. The quantitative estimate of drug-likeness (QED) is 0.766. The van der Waals surface area contributed by atoms with E-state index in [-0.39, 0.29) is 37.7 Å². The molecule has 0 fully saturated rings. The predicted molar refractivity (Wildman–Crippen MR) is 54.5 cm³/mol. The van der Waals surface area contributed by atoms with Crippen LogP contribution in [0.5, 0.6) is 0 Å². The van der Waals surface area contributed by atoms with Gasteiger partial charge in [0, 0.05) is 50.2 Å². The molecule has 0 radical (unpaired) electrons. The number of alkyl halides is 1. The van der Waals surface area contributed by atoms with Crippen molar-refractivity contribution in [3.05, 3.63) is 34.9 Å². The molecule has 0 saturated heterocycles. The van der Waals surface area contributed by atoms with Crippen LogP contribution in [0.3, 0.4) is 0 Å². The van der Waals surface area contributed by atoms with Gasteiger partial charge in [0.15, 0.2) is 0 Å². The van der Waals surface area contributed by atoms with Crippen LogP contribution in [0.1, 0.15) is 16.7 Å². The SMILES string of the molecule is COCc1cc(C)cc(CBr)c1.[Ar]. The number of ether oxygens (including phenoxy) is 1. The van der Waals surface area contributed by atoms with Crippen molar-refractivity contribution in [3.63, 3.8) is 0 Å². The zero-order chi connectivity index (χ0) is 8.97. The summed E-state index contributed by atoms with van der Waals surface area (Å²) in [6.07, 6.45) is 0. The van der Waals surface area contributed by atoms with Gasteiger partial charge in [0.2, 0.25) is 0 Å². The second-order valence-corrected chi connectivity index (χ2v) is 3.45. The van der Waals surface area contributed by atoms with E-state index in [2.05, 4.69) is 41.1 Å². The Labute approximate surface area is 118 Å². The smallest absolute Gasteiger partial charge is 0.0713 e. The Kier molecular flexibility index (Phi) is 7.76. The fourth-order valence-corrected chi connectivity index (χ4v) is 1.60. The second-order valence-electron chi connectivity index (χ2n) is 2.89. The van der Waals surface area contributed by atoms with Crippen LogP contribution in [0.4, 0.5) is 0 Å². The molecular weight excluding hydrogens is 256 g/mol. The number of halogens is 1. The summed E-state index contributed by atoms with van der Waals surface area (Å²) in [4.78, 5) is 0. The zero-order valence-corrected chi connectivity index (χ0v) is 10.1. The van der Waals surface area contributed by atoms with E-state index in [1.54, 1.807) is 7.11 Å². The van der Waals surface area contributed by atoms with E-state index in [4.69, 9.17) is 4.74 Å². The van der Waals surface area contributed by atoms with Crippen molar-refractivity contribution < 1.29 is 42.5 Å². The van der Waals surface area contributed by atoms with E-state index in [9.17, 15) is 0 Å². The van der Waals surface area contributed by atoms with Gasteiger partial charge < -0.3 is 4.74 Å². The monoisotopic (exact) mass is 268 g/mol. The maximum atomic E-state index is 5.07. The molecule has 0 aliphatic carbocycles. The molecular formula is C10H13ArBrO. The topological polar surface area (TPSA) is 9.23 Å². The van der Waals surface area contributed by atoms with Crippen molar-refractivity contribution in [3.8, 4) is 0 Å². The number of aryl methyl sites for hydroxylation is 1. The second kappa shape index (κ2) is 7.24.